The maximum Gasteiger partial charge on any atom is 0.142 e. The molecule has 1 nitrogen and oxygen atoms in total. The van der Waals surface area contributed by atoms with Crippen molar-refractivity contribution in [2.45, 2.75) is 26.2 Å². The number of hydrogen-bond donors (Lipinski definition) is 0. The third kappa shape index (κ3) is 1.78. The van der Waals surface area contributed by atoms with E-state index in [1.165, 1.54) is 6.07 Å². The molecular formula is C13H13ClFN. The van der Waals surface area contributed by atoms with E-state index in [1.54, 1.807) is 18.5 Å². The number of nitrogens with zero attached hydrogens (tertiary/aromatic N) is 1. The van der Waals surface area contributed by atoms with E-state index in [4.69, 9.17) is 11.6 Å². The molecule has 3 heteroatoms. The Balaban J connectivity index is 2.91. The van der Waals surface area contributed by atoms with Gasteiger partial charge in [0.15, 0.2) is 0 Å². The smallest absolute Gasteiger partial charge is 0.142 e. The van der Waals surface area contributed by atoms with Crippen molar-refractivity contribution in [3.05, 3.63) is 40.9 Å². The molecule has 0 atom stereocenters. The average Bonchev–Trinajstić information content (AvgIpc) is 2.21. The molecule has 0 aliphatic rings. The molecule has 1 aromatic carbocycles. The number of halogens is 2. The highest BCUT2D eigenvalue weighted by Gasteiger charge is 2.20. The van der Waals surface area contributed by atoms with Gasteiger partial charge < -0.3 is 0 Å². The van der Waals surface area contributed by atoms with Gasteiger partial charge in [0.05, 0.1) is 5.02 Å². The Kier molecular flexibility index (Phi) is 2.62. The Morgan fingerprint density at radius 2 is 1.88 bits per heavy atom. The van der Waals surface area contributed by atoms with Gasteiger partial charge in [-0.15, -0.1) is 0 Å². The van der Waals surface area contributed by atoms with E-state index in [0.29, 0.717) is 0 Å². The Bertz CT molecular complexity index is 543. The first-order chi connectivity index (χ1) is 7.41. The first kappa shape index (κ1) is 11.3. The number of fused-ring (bicyclic) bond motifs is 1. The molecule has 2 rings (SSSR count). The highest BCUT2D eigenvalue weighted by Crippen LogP contribution is 2.34. The molecule has 16 heavy (non-hydrogen) atoms. The molecule has 0 saturated heterocycles. The third-order valence-corrected chi connectivity index (χ3v) is 2.99. The predicted octanol–water partition coefficient (Wildman–Crippen LogP) is 4.32. The monoisotopic (exact) mass is 237 g/mol. The summed E-state index contributed by atoms with van der Waals surface area (Å²) in [6.07, 6.45) is 3.46. The minimum atomic E-state index is -0.383. The Morgan fingerprint density at radius 1 is 1.19 bits per heavy atom. The van der Waals surface area contributed by atoms with E-state index in [9.17, 15) is 4.39 Å². The number of aromatic nitrogens is 1. The summed E-state index contributed by atoms with van der Waals surface area (Å²) >= 11 is 6.03. The molecule has 0 radical (unpaired) electrons. The molecule has 0 aliphatic carbocycles. The van der Waals surface area contributed by atoms with E-state index >= 15 is 0 Å². The molecule has 0 amide bonds. The molecule has 0 spiro atoms. The van der Waals surface area contributed by atoms with Gasteiger partial charge in [0.1, 0.15) is 5.82 Å². The summed E-state index contributed by atoms with van der Waals surface area (Å²) in [5.41, 5.74) is 0.860. The lowest BCUT2D eigenvalue weighted by atomic mass is 9.85. The zero-order chi connectivity index (χ0) is 11.9. The van der Waals surface area contributed by atoms with Gasteiger partial charge in [-0.25, -0.2) is 4.39 Å². The largest absolute Gasteiger partial charge is 0.264 e. The highest BCUT2D eigenvalue weighted by atomic mass is 35.5. The SMILES string of the molecule is CC(C)(C)c1cncc2ccc(F)c(Cl)c12. The maximum atomic E-state index is 13.5. The van der Waals surface area contributed by atoms with Crippen LogP contribution in [0.3, 0.4) is 0 Å². The lowest BCUT2D eigenvalue weighted by molar-refractivity contribution is 0.592. The van der Waals surface area contributed by atoms with Crippen LogP contribution in [0, 0.1) is 5.82 Å². The topological polar surface area (TPSA) is 12.9 Å². The molecule has 2 aromatic rings. The van der Waals surface area contributed by atoms with Crippen molar-refractivity contribution in [3.63, 3.8) is 0 Å². The fourth-order valence-corrected chi connectivity index (χ4v) is 2.05. The van der Waals surface area contributed by atoms with Crippen molar-refractivity contribution in [1.82, 2.24) is 4.98 Å². The molecule has 0 saturated carbocycles. The standard InChI is InChI=1S/C13H13ClFN/c1-13(2,3)9-7-16-6-8-4-5-10(15)12(14)11(8)9/h4-7H,1-3H3. The van der Waals surface area contributed by atoms with Gasteiger partial charge in [-0.2, -0.15) is 0 Å². The Labute approximate surface area is 99.3 Å². The van der Waals surface area contributed by atoms with Gasteiger partial charge in [0.2, 0.25) is 0 Å². The predicted molar refractivity (Wildman–Crippen MR) is 65.4 cm³/mol. The second kappa shape index (κ2) is 3.70. The second-order valence-electron chi connectivity index (χ2n) is 4.90. The molecule has 0 fully saturated rings. The summed E-state index contributed by atoms with van der Waals surface area (Å²) in [7, 11) is 0. The van der Waals surface area contributed by atoms with Gasteiger partial charge in [-0.3, -0.25) is 4.98 Å². The van der Waals surface area contributed by atoms with Crippen molar-refractivity contribution < 1.29 is 4.39 Å². The highest BCUT2D eigenvalue weighted by molar-refractivity contribution is 6.36. The van der Waals surface area contributed by atoms with E-state index in [-0.39, 0.29) is 16.3 Å². The van der Waals surface area contributed by atoms with Crippen molar-refractivity contribution in [1.29, 1.82) is 0 Å². The van der Waals surface area contributed by atoms with Crippen LogP contribution in [0.2, 0.25) is 5.02 Å². The zero-order valence-corrected chi connectivity index (χ0v) is 10.3. The van der Waals surface area contributed by atoms with E-state index in [1.807, 2.05) is 0 Å². The minimum Gasteiger partial charge on any atom is -0.264 e. The van der Waals surface area contributed by atoms with Crippen LogP contribution in [-0.4, -0.2) is 4.98 Å². The van der Waals surface area contributed by atoms with Gasteiger partial charge >= 0.3 is 0 Å². The lowest BCUT2D eigenvalue weighted by Gasteiger charge is -2.21. The Hall–Kier alpha value is -1.15. The van der Waals surface area contributed by atoms with Gasteiger partial charge in [0, 0.05) is 23.2 Å². The molecule has 0 aliphatic heterocycles. The summed E-state index contributed by atoms with van der Waals surface area (Å²) < 4.78 is 13.5. The number of hydrogen-bond acceptors (Lipinski definition) is 1. The molecule has 0 unspecified atom stereocenters. The van der Waals surface area contributed by atoms with Crippen LogP contribution in [0.1, 0.15) is 26.3 Å². The summed E-state index contributed by atoms with van der Waals surface area (Å²) in [5.74, 6) is -0.383. The first-order valence-corrected chi connectivity index (χ1v) is 5.51. The normalized spacial score (nSPS) is 12.1. The van der Waals surface area contributed by atoms with E-state index < -0.39 is 0 Å². The van der Waals surface area contributed by atoms with Crippen LogP contribution in [0.15, 0.2) is 24.5 Å². The van der Waals surface area contributed by atoms with E-state index in [2.05, 4.69) is 25.8 Å². The first-order valence-electron chi connectivity index (χ1n) is 5.13. The van der Waals surface area contributed by atoms with Gasteiger partial charge in [-0.05, 0) is 23.1 Å². The number of benzene rings is 1. The quantitative estimate of drug-likeness (QED) is 0.665. The summed E-state index contributed by atoms with van der Waals surface area (Å²) in [6.45, 7) is 6.18. The van der Waals surface area contributed by atoms with Crippen molar-refractivity contribution in [3.8, 4) is 0 Å². The average molecular weight is 238 g/mol. The van der Waals surface area contributed by atoms with Crippen molar-refractivity contribution in [2.24, 2.45) is 0 Å². The van der Waals surface area contributed by atoms with Gasteiger partial charge in [-0.1, -0.05) is 32.4 Å². The fraction of sp³-hybridized carbons (Fsp3) is 0.308. The van der Waals surface area contributed by atoms with Crippen LogP contribution in [-0.2, 0) is 5.41 Å². The summed E-state index contributed by atoms with van der Waals surface area (Å²) in [5, 5.41) is 1.83. The number of rotatable bonds is 0. The summed E-state index contributed by atoms with van der Waals surface area (Å²) in [4.78, 5) is 4.17. The van der Waals surface area contributed by atoms with Crippen LogP contribution in [0.4, 0.5) is 4.39 Å². The lowest BCUT2D eigenvalue weighted by Crippen LogP contribution is -2.12. The molecule has 0 N–H and O–H groups in total. The number of pyridine rings is 1. The van der Waals surface area contributed by atoms with Crippen LogP contribution in [0.5, 0.6) is 0 Å². The Morgan fingerprint density at radius 3 is 2.50 bits per heavy atom. The molecule has 1 heterocycles. The van der Waals surface area contributed by atoms with Crippen molar-refractivity contribution in [2.75, 3.05) is 0 Å². The van der Waals surface area contributed by atoms with Crippen LogP contribution in [0.25, 0.3) is 10.8 Å². The zero-order valence-electron chi connectivity index (χ0n) is 9.51. The third-order valence-electron chi connectivity index (χ3n) is 2.62. The van der Waals surface area contributed by atoms with Crippen molar-refractivity contribution >= 4 is 22.4 Å². The second-order valence-corrected chi connectivity index (χ2v) is 5.27. The molecule has 84 valence electrons. The molecule has 1 aromatic heterocycles. The molecular weight excluding hydrogens is 225 g/mol. The molecule has 0 bridgehead atoms. The fourth-order valence-electron chi connectivity index (χ4n) is 1.77. The van der Waals surface area contributed by atoms with Crippen LogP contribution < -0.4 is 0 Å². The van der Waals surface area contributed by atoms with E-state index in [0.717, 1.165) is 16.3 Å². The maximum absolute atomic E-state index is 13.5. The van der Waals surface area contributed by atoms with Gasteiger partial charge in [0.25, 0.3) is 0 Å². The minimum absolute atomic E-state index is 0.107. The van der Waals surface area contributed by atoms with Crippen LogP contribution >= 0.6 is 11.6 Å². The summed E-state index contributed by atoms with van der Waals surface area (Å²) in [6, 6.07) is 3.08.